The van der Waals surface area contributed by atoms with Gasteiger partial charge in [-0.2, -0.15) is 13.2 Å². The van der Waals surface area contributed by atoms with Crippen molar-refractivity contribution in [3.8, 4) is 5.75 Å². The summed E-state index contributed by atoms with van der Waals surface area (Å²) in [6.07, 6.45) is -4.91. The van der Waals surface area contributed by atoms with E-state index in [2.05, 4.69) is 5.32 Å². The number of carboxylic acids is 1. The van der Waals surface area contributed by atoms with Gasteiger partial charge in [-0.1, -0.05) is 0 Å². The molecule has 0 radical (unpaired) electrons. The van der Waals surface area contributed by atoms with Gasteiger partial charge in [0.05, 0.1) is 12.8 Å². The van der Waals surface area contributed by atoms with Crippen molar-refractivity contribution in [2.75, 3.05) is 19.0 Å². The van der Waals surface area contributed by atoms with Crippen LogP contribution < -0.4 is 10.1 Å². The number of methoxy groups -OCH3 is 1. The Kier molecular flexibility index (Phi) is 4.57. The molecular weight excluding hydrogens is 270 g/mol. The Bertz CT molecular complexity index is 462. The topological polar surface area (TPSA) is 58.6 Å². The maximum absolute atomic E-state index is 13.3. The van der Waals surface area contributed by atoms with Crippen LogP contribution >= 0.6 is 0 Å². The summed E-state index contributed by atoms with van der Waals surface area (Å²) < 4.78 is 55.2. The third kappa shape index (κ3) is 4.01. The fourth-order valence-corrected chi connectivity index (χ4v) is 1.32. The number of carbonyl (C=O) groups is 1. The van der Waals surface area contributed by atoms with Crippen molar-refractivity contribution in [3.05, 3.63) is 24.0 Å². The van der Waals surface area contributed by atoms with Crippen LogP contribution in [0.25, 0.3) is 0 Å². The van der Waals surface area contributed by atoms with Crippen LogP contribution in [-0.4, -0.2) is 30.9 Å². The minimum Gasteiger partial charge on any atom is -0.497 e. The van der Waals surface area contributed by atoms with Crippen LogP contribution in [-0.2, 0) is 4.79 Å². The van der Waals surface area contributed by atoms with Gasteiger partial charge in [-0.25, -0.2) is 4.39 Å². The standard InChI is InChI=1S/C11H11F4NO3/c1-19-6-2-3-8(12)9(4-6)16-5-7(10(17)18)11(13,14)15/h2-4,7,16H,5H2,1H3,(H,17,18). The number of rotatable bonds is 5. The molecule has 0 amide bonds. The molecule has 0 spiro atoms. The van der Waals surface area contributed by atoms with Gasteiger partial charge in [-0.3, -0.25) is 4.79 Å². The molecule has 0 aliphatic carbocycles. The summed E-state index contributed by atoms with van der Waals surface area (Å²) in [6, 6.07) is 3.44. The van der Waals surface area contributed by atoms with Gasteiger partial charge < -0.3 is 15.2 Å². The summed E-state index contributed by atoms with van der Waals surface area (Å²) in [5.41, 5.74) is -0.255. The minimum atomic E-state index is -4.91. The first kappa shape index (κ1) is 15.1. The van der Waals surface area contributed by atoms with Crippen LogP contribution in [0.15, 0.2) is 18.2 Å². The highest BCUT2D eigenvalue weighted by atomic mass is 19.4. The minimum absolute atomic E-state index is 0.239. The predicted octanol–water partition coefficient (Wildman–Crippen LogP) is 2.51. The number of carboxylic acid groups (broad SMARTS) is 1. The van der Waals surface area contributed by atoms with E-state index < -0.39 is 30.4 Å². The summed E-state index contributed by atoms with van der Waals surface area (Å²) >= 11 is 0. The molecule has 8 heteroatoms. The number of halogens is 4. The molecule has 0 aromatic heterocycles. The Labute approximate surface area is 106 Å². The maximum atomic E-state index is 13.3. The summed E-state index contributed by atoms with van der Waals surface area (Å²) in [7, 11) is 1.31. The predicted molar refractivity (Wildman–Crippen MR) is 58.6 cm³/mol. The number of hydrogen-bond acceptors (Lipinski definition) is 3. The van der Waals surface area contributed by atoms with Gasteiger partial charge in [0, 0.05) is 12.6 Å². The van der Waals surface area contributed by atoms with Gasteiger partial charge in [-0.05, 0) is 12.1 Å². The first-order chi connectivity index (χ1) is 8.75. The second-order valence-electron chi connectivity index (χ2n) is 3.66. The fraction of sp³-hybridized carbons (Fsp3) is 0.364. The molecule has 1 aromatic rings. The van der Waals surface area contributed by atoms with Gasteiger partial charge in [-0.15, -0.1) is 0 Å². The molecule has 0 saturated heterocycles. The number of anilines is 1. The average molecular weight is 281 g/mol. The number of nitrogens with one attached hydrogen (secondary N) is 1. The molecule has 1 aromatic carbocycles. The summed E-state index contributed by atoms with van der Waals surface area (Å²) in [5, 5.41) is 10.6. The van der Waals surface area contributed by atoms with Crippen molar-refractivity contribution in [2.24, 2.45) is 5.92 Å². The molecule has 1 rings (SSSR count). The number of benzene rings is 1. The largest absolute Gasteiger partial charge is 0.497 e. The first-order valence-corrected chi connectivity index (χ1v) is 5.12. The number of alkyl halides is 3. The zero-order chi connectivity index (χ0) is 14.6. The fourth-order valence-electron chi connectivity index (χ4n) is 1.32. The van der Waals surface area contributed by atoms with Crippen molar-refractivity contribution in [3.63, 3.8) is 0 Å². The maximum Gasteiger partial charge on any atom is 0.403 e. The van der Waals surface area contributed by atoms with Gasteiger partial charge in [0.1, 0.15) is 11.6 Å². The highest BCUT2D eigenvalue weighted by molar-refractivity contribution is 5.72. The summed E-state index contributed by atoms with van der Waals surface area (Å²) in [4.78, 5) is 10.5. The first-order valence-electron chi connectivity index (χ1n) is 5.12. The second kappa shape index (κ2) is 5.77. The third-order valence-electron chi connectivity index (χ3n) is 2.36. The molecule has 1 unspecified atom stereocenters. The van der Waals surface area contributed by atoms with E-state index in [1.807, 2.05) is 0 Å². The highest BCUT2D eigenvalue weighted by Gasteiger charge is 2.44. The Morgan fingerprint density at radius 3 is 2.58 bits per heavy atom. The Balaban J connectivity index is 2.83. The van der Waals surface area contributed by atoms with E-state index in [0.717, 1.165) is 12.1 Å². The van der Waals surface area contributed by atoms with Crippen LogP contribution in [0.3, 0.4) is 0 Å². The van der Waals surface area contributed by atoms with Crippen LogP contribution in [0.5, 0.6) is 5.75 Å². The van der Waals surface area contributed by atoms with E-state index >= 15 is 0 Å². The lowest BCUT2D eigenvalue weighted by Crippen LogP contribution is -2.36. The molecule has 106 valence electrons. The van der Waals surface area contributed by atoms with Crippen molar-refractivity contribution in [1.82, 2.24) is 0 Å². The van der Waals surface area contributed by atoms with Gasteiger partial charge >= 0.3 is 12.1 Å². The highest BCUT2D eigenvalue weighted by Crippen LogP contribution is 2.28. The second-order valence-corrected chi connectivity index (χ2v) is 3.66. The van der Waals surface area contributed by atoms with Gasteiger partial charge in [0.2, 0.25) is 0 Å². The quantitative estimate of drug-likeness (QED) is 0.814. The molecule has 4 nitrogen and oxygen atoms in total. The van der Waals surface area contributed by atoms with Crippen LogP contribution in [0, 0.1) is 11.7 Å². The van der Waals surface area contributed by atoms with E-state index in [-0.39, 0.29) is 11.4 Å². The van der Waals surface area contributed by atoms with Crippen molar-refractivity contribution in [1.29, 1.82) is 0 Å². The van der Waals surface area contributed by atoms with E-state index in [4.69, 9.17) is 9.84 Å². The molecule has 2 N–H and O–H groups in total. The van der Waals surface area contributed by atoms with Crippen molar-refractivity contribution < 1.29 is 32.2 Å². The Hall–Kier alpha value is -1.99. The molecule has 1 atom stereocenters. The van der Waals surface area contributed by atoms with Crippen LogP contribution in [0.4, 0.5) is 23.2 Å². The van der Waals surface area contributed by atoms with E-state index in [0.29, 0.717) is 0 Å². The van der Waals surface area contributed by atoms with Gasteiger partial charge in [0.25, 0.3) is 0 Å². The smallest absolute Gasteiger partial charge is 0.403 e. The molecule has 0 aliphatic heterocycles. The van der Waals surface area contributed by atoms with E-state index in [1.165, 1.54) is 13.2 Å². The van der Waals surface area contributed by atoms with Gasteiger partial charge in [0.15, 0.2) is 5.92 Å². The van der Waals surface area contributed by atoms with Crippen molar-refractivity contribution >= 4 is 11.7 Å². The molecule has 0 fully saturated rings. The molecular formula is C11H11F4NO3. The Morgan fingerprint density at radius 1 is 1.47 bits per heavy atom. The average Bonchev–Trinajstić information content (AvgIpc) is 2.29. The monoisotopic (exact) mass is 281 g/mol. The summed E-state index contributed by atoms with van der Waals surface area (Å²) in [5.74, 6) is -5.20. The molecule has 19 heavy (non-hydrogen) atoms. The molecule has 0 bridgehead atoms. The molecule has 0 saturated carbocycles. The molecule has 0 aliphatic rings. The van der Waals surface area contributed by atoms with Crippen LogP contribution in [0.1, 0.15) is 0 Å². The van der Waals surface area contributed by atoms with Crippen molar-refractivity contribution in [2.45, 2.75) is 6.18 Å². The Morgan fingerprint density at radius 2 is 2.11 bits per heavy atom. The number of ether oxygens (including phenoxy) is 1. The number of hydrogen-bond donors (Lipinski definition) is 2. The third-order valence-corrected chi connectivity index (χ3v) is 2.36. The van der Waals surface area contributed by atoms with Crippen LogP contribution in [0.2, 0.25) is 0 Å². The number of aliphatic carboxylic acids is 1. The normalized spacial score (nSPS) is 12.9. The van der Waals surface area contributed by atoms with E-state index in [1.54, 1.807) is 0 Å². The zero-order valence-electron chi connectivity index (χ0n) is 9.79. The lowest BCUT2D eigenvalue weighted by molar-refractivity contribution is -0.190. The zero-order valence-corrected chi connectivity index (χ0v) is 9.79. The molecule has 0 heterocycles. The lowest BCUT2D eigenvalue weighted by atomic mass is 10.1. The lowest BCUT2D eigenvalue weighted by Gasteiger charge is -2.17. The van der Waals surface area contributed by atoms with E-state index in [9.17, 15) is 22.4 Å². The summed E-state index contributed by atoms with van der Waals surface area (Å²) in [6.45, 7) is -0.969. The SMILES string of the molecule is COc1ccc(F)c(NCC(C(=O)O)C(F)(F)F)c1.